The molecule has 0 radical (unpaired) electrons. The van der Waals surface area contributed by atoms with Crippen molar-refractivity contribution in [3.63, 3.8) is 0 Å². The fraction of sp³-hybridized carbons (Fsp3) is 0.857. The molecule has 2 atom stereocenters. The van der Waals surface area contributed by atoms with Gasteiger partial charge in [0.1, 0.15) is 6.10 Å². The SMILES string of the molecule is CCOC(OC(C)=O)C(C)O. The minimum absolute atomic E-state index is 0.406. The summed E-state index contributed by atoms with van der Waals surface area (Å²) in [5.74, 6) is -0.454. The van der Waals surface area contributed by atoms with E-state index in [1.165, 1.54) is 13.8 Å². The Morgan fingerprint density at radius 1 is 1.64 bits per heavy atom. The van der Waals surface area contributed by atoms with Crippen LogP contribution in [-0.2, 0) is 14.3 Å². The van der Waals surface area contributed by atoms with E-state index in [2.05, 4.69) is 4.74 Å². The number of ether oxygens (including phenoxy) is 2. The molecule has 0 aromatic rings. The zero-order valence-corrected chi connectivity index (χ0v) is 7.03. The van der Waals surface area contributed by atoms with Gasteiger partial charge in [0.2, 0.25) is 6.29 Å². The summed E-state index contributed by atoms with van der Waals surface area (Å²) < 4.78 is 9.56. The van der Waals surface area contributed by atoms with Crippen molar-refractivity contribution in [2.45, 2.75) is 33.2 Å². The Hall–Kier alpha value is -0.610. The third-order valence-electron chi connectivity index (χ3n) is 1.01. The van der Waals surface area contributed by atoms with E-state index >= 15 is 0 Å². The third-order valence-corrected chi connectivity index (χ3v) is 1.01. The Morgan fingerprint density at radius 3 is 2.45 bits per heavy atom. The van der Waals surface area contributed by atoms with E-state index in [9.17, 15) is 4.79 Å². The zero-order chi connectivity index (χ0) is 8.85. The molecule has 0 spiro atoms. The molecule has 0 aromatic heterocycles. The van der Waals surface area contributed by atoms with Gasteiger partial charge < -0.3 is 14.6 Å². The molecular weight excluding hydrogens is 148 g/mol. The smallest absolute Gasteiger partial charge is 0.305 e. The van der Waals surface area contributed by atoms with E-state index in [0.717, 1.165) is 0 Å². The van der Waals surface area contributed by atoms with Crippen LogP contribution in [0.3, 0.4) is 0 Å². The quantitative estimate of drug-likeness (QED) is 0.477. The first-order valence-electron chi connectivity index (χ1n) is 3.54. The van der Waals surface area contributed by atoms with Gasteiger partial charge in [0.05, 0.1) is 0 Å². The second kappa shape index (κ2) is 5.09. The largest absolute Gasteiger partial charge is 0.433 e. The maximum Gasteiger partial charge on any atom is 0.305 e. The van der Waals surface area contributed by atoms with Crippen molar-refractivity contribution in [1.82, 2.24) is 0 Å². The molecule has 2 unspecified atom stereocenters. The van der Waals surface area contributed by atoms with Crippen molar-refractivity contribution in [2.24, 2.45) is 0 Å². The summed E-state index contributed by atoms with van der Waals surface area (Å²) in [7, 11) is 0. The van der Waals surface area contributed by atoms with E-state index < -0.39 is 18.4 Å². The second-order valence-corrected chi connectivity index (χ2v) is 2.17. The summed E-state index contributed by atoms with van der Waals surface area (Å²) in [6.45, 7) is 4.94. The lowest BCUT2D eigenvalue weighted by atomic mass is 10.4. The summed E-state index contributed by atoms with van der Waals surface area (Å²) in [5.41, 5.74) is 0. The van der Waals surface area contributed by atoms with Crippen LogP contribution < -0.4 is 0 Å². The molecule has 0 amide bonds. The van der Waals surface area contributed by atoms with Gasteiger partial charge in [-0.25, -0.2) is 0 Å². The van der Waals surface area contributed by atoms with Crippen LogP contribution in [0.15, 0.2) is 0 Å². The van der Waals surface area contributed by atoms with Crippen LogP contribution in [-0.4, -0.2) is 30.1 Å². The van der Waals surface area contributed by atoms with Crippen LogP contribution in [0.4, 0.5) is 0 Å². The lowest BCUT2D eigenvalue weighted by molar-refractivity contribution is -0.197. The number of hydrogen-bond donors (Lipinski definition) is 1. The first-order chi connectivity index (χ1) is 5.07. The zero-order valence-electron chi connectivity index (χ0n) is 7.03. The summed E-state index contributed by atoms with van der Waals surface area (Å²) in [6, 6.07) is 0. The standard InChI is InChI=1S/C7H14O4/c1-4-10-7(5(2)8)11-6(3)9/h5,7-8H,4H2,1-3H3. The highest BCUT2D eigenvalue weighted by Gasteiger charge is 2.17. The van der Waals surface area contributed by atoms with Crippen molar-refractivity contribution >= 4 is 5.97 Å². The molecule has 0 saturated heterocycles. The maximum absolute atomic E-state index is 10.4. The van der Waals surface area contributed by atoms with Gasteiger partial charge in [-0.3, -0.25) is 4.79 Å². The number of carbonyl (C=O) groups is 1. The lowest BCUT2D eigenvalue weighted by Crippen LogP contribution is -2.31. The summed E-state index contributed by atoms with van der Waals surface area (Å²) in [4.78, 5) is 10.4. The summed E-state index contributed by atoms with van der Waals surface area (Å²) >= 11 is 0. The Balaban J connectivity index is 3.79. The van der Waals surface area contributed by atoms with Gasteiger partial charge in [-0.05, 0) is 13.8 Å². The fourth-order valence-electron chi connectivity index (χ4n) is 0.600. The van der Waals surface area contributed by atoms with E-state index in [-0.39, 0.29) is 0 Å². The highest BCUT2D eigenvalue weighted by atomic mass is 16.7. The normalized spacial score (nSPS) is 15.6. The third kappa shape index (κ3) is 4.75. The Morgan fingerprint density at radius 2 is 2.18 bits per heavy atom. The number of esters is 1. The average molecular weight is 162 g/mol. The Bertz CT molecular complexity index is 122. The van der Waals surface area contributed by atoms with Gasteiger partial charge in [-0.15, -0.1) is 0 Å². The van der Waals surface area contributed by atoms with Crippen LogP contribution in [0.2, 0.25) is 0 Å². The monoisotopic (exact) mass is 162 g/mol. The maximum atomic E-state index is 10.4. The van der Waals surface area contributed by atoms with Crippen LogP contribution in [0.25, 0.3) is 0 Å². The van der Waals surface area contributed by atoms with Crippen molar-refractivity contribution < 1.29 is 19.4 Å². The molecular formula is C7H14O4. The second-order valence-electron chi connectivity index (χ2n) is 2.17. The molecule has 0 aliphatic carbocycles. The number of aliphatic hydroxyl groups is 1. The van der Waals surface area contributed by atoms with Gasteiger partial charge in [0.15, 0.2) is 0 Å². The first-order valence-corrected chi connectivity index (χ1v) is 3.54. The van der Waals surface area contributed by atoms with Gasteiger partial charge in [-0.1, -0.05) is 0 Å². The molecule has 0 aliphatic rings. The number of aliphatic hydroxyl groups excluding tert-OH is 1. The predicted octanol–water partition coefficient (Wildman–Crippen LogP) is 0.293. The molecule has 4 heteroatoms. The molecule has 0 bridgehead atoms. The molecule has 11 heavy (non-hydrogen) atoms. The van der Waals surface area contributed by atoms with Crippen molar-refractivity contribution in [3.05, 3.63) is 0 Å². The van der Waals surface area contributed by atoms with Gasteiger partial charge in [0, 0.05) is 13.5 Å². The van der Waals surface area contributed by atoms with Crippen molar-refractivity contribution in [3.8, 4) is 0 Å². The minimum Gasteiger partial charge on any atom is -0.433 e. The van der Waals surface area contributed by atoms with Gasteiger partial charge in [-0.2, -0.15) is 0 Å². The molecule has 0 aliphatic heterocycles. The molecule has 66 valence electrons. The van der Waals surface area contributed by atoms with Gasteiger partial charge >= 0.3 is 5.97 Å². The number of hydrogen-bond acceptors (Lipinski definition) is 4. The summed E-state index contributed by atoms with van der Waals surface area (Å²) in [5, 5.41) is 8.99. The predicted molar refractivity (Wildman–Crippen MR) is 38.9 cm³/mol. The number of rotatable bonds is 4. The Labute approximate surface area is 66.1 Å². The topological polar surface area (TPSA) is 55.8 Å². The van der Waals surface area contributed by atoms with E-state index in [4.69, 9.17) is 9.84 Å². The summed E-state index contributed by atoms with van der Waals surface area (Å²) in [6.07, 6.45) is -1.63. The van der Waals surface area contributed by atoms with Crippen LogP contribution >= 0.6 is 0 Å². The minimum atomic E-state index is -0.836. The van der Waals surface area contributed by atoms with Crippen LogP contribution in [0.1, 0.15) is 20.8 Å². The molecule has 0 saturated carbocycles. The van der Waals surface area contributed by atoms with Crippen molar-refractivity contribution in [1.29, 1.82) is 0 Å². The van der Waals surface area contributed by atoms with E-state index in [1.807, 2.05) is 0 Å². The molecule has 1 N–H and O–H groups in total. The highest BCUT2D eigenvalue weighted by Crippen LogP contribution is 2.01. The van der Waals surface area contributed by atoms with E-state index in [1.54, 1.807) is 6.92 Å². The molecule has 4 nitrogen and oxygen atoms in total. The van der Waals surface area contributed by atoms with E-state index in [0.29, 0.717) is 6.61 Å². The number of carbonyl (C=O) groups excluding carboxylic acids is 1. The van der Waals surface area contributed by atoms with Gasteiger partial charge in [0.25, 0.3) is 0 Å². The molecule has 0 rings (SSSR count). The lowest BCUT2D eigenvalue weighted by Gasteiger charge is -2.18. The molecule has 0 heterocycles. The molecule has 0 fully saturated rings. The van der Waals surface area contributed by atoms with Crippen molar-refractivity contribution in [2.75, 3.05) is 6.61 Å². The fourth-order valence-corrected chi connectivity index (χ4v) is 0.600. The highest BCUT2D eigenvalue weighted by molar-refractivity contribution is 5.66. The van der Waals surface area contributed by atoms with Crippen LogP contribution in [0.5, 0.6) is 0 Å². The molecule has 0 aromatic carbocycles. The first kappa shape index (κ1) is 10.4. The van der Waals surface area contributed by atoms with Crippen LogP contribution in [0, 0.1) is 0 Å². The Kier molecular flexibility index (Phi) is 4.81. The average Bonchev–Trinajstić information content (AvgIpc) is 1.86.